The van der Waals surface area contributed by atoms with Gasteiger partial charge >= 0.3 is 5.69 Å². The molecule has 1 fully saturated rings. The fourth-order valence-corrected chi connectivity index (χ4v) is 2.10. The van der Waals surface area contributed by atoms with Crippen LogP contribution >= 0.6 is 0 Å². The van der Waals surface area contributed by atoms with Crippen LogP contribution < -0.4 is 11.2 Å². The van der Waals surface area contributed by atoms with E-state index in [0.29, 0.717) is 13.0 Å². The van der Waals surface area contributed by atoms with Gasteiger partial charge in [-0.1, -0.05) is 0 Å². The van der Waals surface area contributed by atoms with Crippen LogP contribution in [0.25, 0.3) is 0 Å². The first-order valence-electron chi connectivity index (χ1n) is 5.95. The molecule has 0 saturated carbocycles. The predicted molar refractivity (Wildman–Crippen MR) is 64.8 cm³/mol. The summed E-state index contributed by atoms with van der Waals surface area (Å²) >= 11 is 0. The first-order valence-corrected chi connectivity index (χ1v) is 5.95. The number of ether oxygens (including phenoxy) is 1. The molecule has 0 aromatic carbocycles. The van der Waals surface area contributed by atoms with Gasteiger partial charge in [0, 0.05) is 26.9 Å². The molecular weight excluding hydrogens is 236 g/mol. The van der Waals surface area contributed by atoms with Gasteiger partial charge in [-0.15, -0.1) is 0 Å². The summed E-state index contributed by atoms with van der Waals surface area (Å²) in [5, 5.41) is 0. The molecule has 0 bridgehead atoms. The van der Waals surface area contributed by atoms with Crippen molar-refractivity contribution in [2.75, 3.05) is 6.61 Å². The van der Waals surface area contributed by atoms with Crippen LogP contribution in [0.3, 0.4) is 0 Å². The van der Waals surface area contributed by atoms with Crippen LogP contribution in [0.1, 0.15) is 29.6 Å². The van der Waals surface area contributed by atoms with E-state index >= 15 is 0 Å². The van der Waals surface area contributed by atoms with Gasteiger partial charge < -0.3 is 9.30 Å². The number of hydrogen-bond acceptors (Lipinski definition) is 4. The maximum atomic E-state index is 12.2. The van der Waals surface area contributed by atoms with E-state index in [2.05, 4.69) is 0 Å². The molecular formula is C12H16N2O4. The Balaban J connectivity index is 2.42. The lowest BCUT2D eigenvalue weighted by atomic mass is 10.0. The average molecular weight is 252 g/mol. The van der Waals surface area contributed by atoms with Crippen LogP contribution in [-0.2, 0) is 18.8 Å². The zero-order valence-corrected chi connectivity index (χ0v) is 10.5. The van der Waals surface area contributed by atoms with Crippen molar-refractivity contribution in [1.29, 1.82) is 0 Å². The third-order valence-electron chi connectivity index (χ3n) is 3.18. The standard InChI is InChI=1S/C12H16N2O4/c1-13-7-8(11(16)14(2)12(13)17)10(15)9-5-3-4-6-18-9/h7,9H,3-6H2,1-2H3. The van der Waals surface area contributed by atoms with E-state index in [1.54, 1.807) is 0 Å². The average Bonchev–Trinajstić information content (AvgIpc) is 2.41. The second kappa shape index (κ2) is 4.89. The quantitative estimate of drug-likeness (QED) is 0.685. The SMILES string of the molecule is Cn1cc(C(=O)C2CCCCO2)c(=O)n(C)c1=O. The van der Waals surface area contributed by atoms with Crippen molar-refractivity contribution in [3.8, 4) is 0 Å². The molecule has 6 nitrogen and oxygen atoms in total. The second-order valence-electron chi connectivity index (χ2n) is 4.52. The lowest BCUT2D eigenvalue weighted by Gasteiger charge is -2.21. The van der Waals surface area contributed by atoms with E-state index < -0.39 is 17.4 Å². The minimum Gasteiger partial charge on any atom is -0.370 e. The van der Waals surface area contributed by atoms with Crippen LogP contribution in [0.5, 0.6) is 0 Å². The minimum atomic E-state index is -0.558. The summed E-state index contributed by atoms with van der Waals surface area (Å²) in [6, 6.07) is 0. The molecule has 98 valence electrons. The van der Waals surface area contributed by atoms with Crippen molar-refractivity contribution in [2.45, 2.75) is 25.4 Å². The summed E-state index contributed by atoms with van der Waals surface area (Å²) in [5.74, 6) is -0.328. The highest BCUT2D eigenvalue weighted by molar-refractivity contribution is 5.98. The van der Waals surface area contributed by atoms with Crippen molar-refractivity contribution in [2.24, 2.45) is 14.1 Å². The molecule has 1 aliphatic rings. The molecule has 0 aliphatic carbocycles. The van der Waals surface area contributed by atoms with Crippen molar-refractivity contribution in [1.82, 2.24) is 9.13 Å². The molecule has 0 N–H and O–H groups in total. The fourth-order valence-electron chi connectivity index (χ4n) is 2.10. The van der Waals surface area contributed by atoms with E-state index in [1.807, 2.05) is 0 Å². The number of ketones is 1. The molecule has 2 rings (SSSR count). The Bertz CT molecular complexity index is 579. The van der Waals surface area contributed by atoms with Crippen LogP contribution in [-0.4, -0.2) is 27.6 Å². The van der Waals surface area contributed by atoms with E-state index in [0.717, 1.165) is 17.4 Å². The monoisotopic (exact) mass is 252 g/mol. The summed E-state index contributed by atoms with van der Waals surface area (Å²) < 4.78 is 7.55. The number of hydrogen-bond donors (Lipinski definition) is 0. The second-order valence-corrected chi connectivity index (χ2v) is 4.52. The Morgan fingerprint density at radius 3 is 2.67 bits per heavy atom. The summed E-state index contributed by atoms with van der Waals surface area (Å²) in [4.78, 5) is 35.6. The van der Waals surface area contributed by atoms with Gasteiger partial charge in [-0.2, -0.15) is 0 Å². The van der Waals surface area contributed by atoms with Gasteiger partial charge in [0.2, 0.25) is 0 Å². The zero-order valence-electron chi connectivity index (χ0n) is 10.5. The van der Waals surface area contributed by atoms with Gasteiger partial charge in [-0.3, -0.25) is 14.2 Å². The van der Waals surface area contributed by atoms with Gasteiger partial charge in [-0.05, 0) is 19.3 Å². The molecule has 1 unspecified atom stereocenters. The highest BCUT2D eigenvalue weighted by Gasteiger charge is 2.26. The number of aryl methyl sites for hydroxylation is 1. The number of carbonyl (C=O) groups excluding carboxylic acids is 1. The smallest absolute Gasteiger partial charge is 0.330 e. The maximum Gasteiger partial charge on any atom is 0.330 e. The maximum absolute atomic E-state index is 12.2. The third-order valence-corrected chi connectivity index (χ3v) is 3.18. The van der Waals surface area contributed by atoms with Crippen LogP contribution in [0.4, 0.5) is 0 Å². The number of aromatic nitrogens is 2. The molecule has 0 radical (unpaired) electrons. The van der Waals surface area contributed by atoms with E-state index in [1.165, 1.54) is 24.9 Å². The van der Waals surface area contributed by atoms with Crippen molar-refractivity contribution in [3.05, 3.63) is 32.6 Å². The predicted octanol–water partition coefficient (Wildman–Crippen LogP) is -0.164. The fraction of sp³-hybridized carbons (Fsp3) is 0.583. The van der Waals surface area contributed by atoms with E-state index in [4.69, 9.17) is 4.74 Å². The molecule has 18 heavy (non-hydrogen) atoms. The van der Waals surface area contributed by atoms with Gasteiger partial charge in [0.15, 0.2) is 5.78 Å². The van der Waals surface area contributed by atoms with Crippen LogP contribution in [0.15, 0.2) is 15.8 Å². The molecule has 0 amide bonds. The highest BCUT2D eigenvalue weighted by Crippen LogP contribution is 2.15. The first kappa shape index (κ1) is 12.8. The third kappa shape index (κ3) is 2.15. The summed E-state index contributed by atoms with van der Waals surface area (Å²) in [5.41, 5.74) is -0.982. The highest BCUT2D eigenvalue weighted by atomic mass is 16.5. The number of carbonyl (C=O) groups is 1. The lowest BCUT2D eigenvalue weighted by molar-refractivity contribution is 0.0184. The summed E-state index contributed by atoms with van der Waals surface area (Å²) in [6.45, 7) is 0.544. The Morgan fingerprint density at radius 1 is 1.33 bits per heavy atom. The van der Waals surface area contributed by atoms with Gasteiger partial charge in [0.05, 0.1) is 0 Å². The van der Waals surface area contributed by atoms with Gasteiger partial charge in [0.25, 0.3) is 5.56 Å². The Labute approximate surface area is 104 Å². The van der Waals surface area contributed by atoms with E-state index in [9.17, 15) is 14.4 Å². The van der Waals surface area contributed by atoms with Crippen LogP contribution in [0, 0.1) is 0 Å². The number of rotatable bonds is 2. The Kier molecular flexibility index (Phi) is 3.47. The van der Waals surface area contributed by atoms with E-state index in [-0.39, 0.29) is 11.3 Å². The lowest BCUT2D eigenvalue weighted by Crippen LogP contribution is -2.42. The molecule has 1 saturated heterocycles. The van der Waals surface area contributed by atoms with Gasteiger partial charge in [0.1, 0.15) is 11.7 Å². The Morgan fingerprint density at radius 2 is 2.06 bits per heavy atom. The minimum absolute atomic E-state index is 0.0199. The first-order chi connectivity index (χ1) is 8.52. The normalized spacial score (nSPS) is 19.8. The van der Waals surface area contributed by atoms with Gasteiger partial charge in [-0.25, -0.2) is 4.79 Å². The number of Topliss-reactive ketones (excluding diaryl/α,β-unsaturated/α-hetero) is 1. The van der Waals surface area contributed by atoms with Crippen molar-refractivity contribution in [3.63, 3.8) is 0 Å². The molecule has 1 aromatic rings. The molecule has 1 aromatic heterocycles. The molecule has 6 heteroatoms. The van der Waals surface area contributed by atoms with Crippen LogP contribution in [0.2, 0.25) is 0 Å². The molecule has 2 heterocycles. The topological polar surface area (TPSA) is 70.3 Å². The van der Waals surface area contributed by atoms with Crippen molar-refractivity contribution >= 4 is 5.78 Å². The largest absolute Gasteiger partial charge is 0.370 e. The Hall–Kier alpha value is -1.69. The molecule has 0 spiro atoms. The number of nitrogens with zero attached hydrogens (tertiary/aromatic N) is 2. The summed E-state index contributed by atoms with van der Waals surface area (Å²) in [7, 11) is 2.88. The molecule has 1 aliphatic heterocycles. The zero-order chi connectivity index (χ0) is 13.3. The van der Waals surface area contributed by atoms with Crippen molar-refractivity contribution < 1.29 is 9.53 Å². The molecule has 1 atom stereocenters. The summed E-state index contributed by atoms with van der Waals surface area (Å²) in [6.07, 6.45) is 3.23.